The van der Waals surface area contributed by atoms with Crippen LogP contribution in [0, 0.1) is 11.8 Å². The van der Waals surface area contributed by atoms with Crippen molar-refractivity contribution in [3.05, 3.63) is 59.7 Å². The maximum atomic E-state index is 13.7. The molecule has 1 fully saturated rings. The summed E-state index contributed by atoms with van der Waals surface area (Å²) < 4.78 is 42.2. The van der Waals surface area contributed by atoms with Gasteiger partial charge in [0.1, 0.15) is 0 Å². The van der Waals surface area contributed by atoms with Gasteiger partial charge in [-0.05, 0) is 0 Å². The fourth-order valence-electron chi connectivity index (χ4n) is 3.77. The van der Waals surface area contributed by atoms with Gasteiger partial charge in [-0.3, -0.25) is 0 Å². The van der Waals surface area contributed by atoms with E-state index in [1.807, 2.05) is 0 Å². The molecule has 1 heterocycles. The number of halogens is 4. The van der Waals surface area contributed by atoms with Crippen LogP contribution in [-0.4, -0.2) is 36.9 Å². The molecule has 2 aromatic carbocycles. The average molecular weight is 584 g/mol. The summed E-state index contributed by atoms with van der Waals surface area (Å²) in [5.41, 5.74) is -0.0896. The SMILES string of the molecule is O=C(O)CCCC1CCCCN(C(=O)C#Cc2ccc(-c3ccccc3)c(C(F)(F)F)c2)C[I-]1. The summed E-state index contributed by atoms with van der Waals surface area (Å²) in [7, 11) is 0. The Morgan fingerprint density at radius 2 is 1.88 bits per heavy atom. The number of amides is 1. The van der Waals surface area contributed by atoms with Crippen molar-refractivity contribution < 1.29 is 49.1 Å². The molecule has 1 atom stereocenters. The molecule has 0 aromatic heterocycles. The van der Waals surface area contributed by atoms with Gasteiger partial charge >= 0.3 is 202 Å². The van der Waals surface area contributed by atoms with Gasteiger partial charge in [-0.1, -0.05) is 6.07 Å². The molecular formula is C26H26F3INO3-. The fourth-order valence-corrected chi connectivity index (χ4v) is 7.21. The molecule has 182 valence electrons. The van der Waals surface area contributed by atoms with Crippen molar-refractivity contribution in [3.63, 3.8) is 0 Å². The molecule has 34 heavy (non-hydrogen) atoms. The van der Waals surface area contributed by atoms with Gasteiger partial charge in [0.05, 0.1) is 0 Å². The third-order valence-electron chi connectivity index (χ3n) is 5.55. The molecule has 3 rings (SSSR count). The molecule has 1 amide bonds. The monoisotopic (exact) mass is 584 g/mol. The Labute approximate surface area is 207 Å². The van der Waals surface area contributed by atoms with Crippen molar-refractivity contribution in [1.82, 2.24) is 4.90 Å². The van der Waals surface area contributed by atoms with E-state index in [0.717, 1.165) is 31.7 Å². The second-order valence-corrected chi connectivity index (χ2v) is 11.4. The molecule has 0 bridgehead atoms. The van der Waals surface area contributed by atoms with Crippen LogP contribution in [0.2, 0.25) is 0 Å². The topological polar surface area (TPSA) is 57.6 Å². The Bertz CT molecular complexity index is 1060. The van der Waals surface area contributed by atoms with Crippen LogP contribution in [0.3, 0.4) is 0 Å². The third-order valence-corrected chi connectivity index (χ3v) is 9.25. The van der Waals surface area contributed by atoms with Crippen molar-refractivity contribution in [3.8, 4) is 23.0 Å². The van der Waals surface area contributed by atoms with Crippen LogP contribution in [0.1, 0.15) is 49.7 Å². The van der Waals surface area contributed by atoms with Crippen LogP contribution in [0.4, 0.5) is 13.2 Å². The normalized spacial score (nSPS) is 16.9. The Morgan fingerprint density at radius 3 is 2.59 bits per heavy atom. The summed E-state index contributed by atoms with van der Waals surface area (Å²) in [6, 6.07) is 12.3. The summed E-state index contributed by atoms with van der Waals surface area (Å²) in [5.74, 6) is 4.01. The summed E-state index contributed by atoms with van der Waals surface area (Å²) >= 11 is -0.325. The number of carboxylic acid groups (broad SMARTS) is 1. The second kappa shape index (κ2) is 12.2. The molecule has 1 aliphatic heterocycles. The molecule has 0 aliphatic carbocycles. The number of carbonyl (C=O) groups excluding carboxylic acids is 1. The number of aliphatic carboxylic acids is 1. The Morgan fingerprint density at radius 1 is 1.12 bits per heavy atom. The van der Waals surface area contributed by atoms with E-state index in [1.54, 1.807) is 35.2 Å². The van der Waals surface area contributed by atoms with E-state index < -0.39 is 17.7 Å². The quantitative estimate of drug-likeness (QED) is 0.255. The van der Waals surface area contributed by atoms with Crippen molar-refractivity contribution in [2.24, 2.45) is 0 Å². The van der Waals surface area contributed by atoms with Crippen molar-refractivity contribution in [1.29, 1.82) is 0 Å². The van der Waals surface area contributed by atoms with Crippen LogP contribution < -0.4 is 21.2 Å². The van der Waals surface area contributed by atoms with Crippen molar-refractivity contribution in [2.45, 2.75) is 48.6 Å². The number of nitrogens with zero attached hydrogens (tertiary/aromatic N) is 1. The molecule has 4 nitrogen and oxygen atoms in total. The summed E-state index contributed by atoms with van der Waals surface area (Å²) in [6.45, 7) is 0.593. The molecule has 2 aromatic rings. The first-order valence-corrected chi connectivity index (χ1v) is 13.9. The molecule has 1 unspecified atom stereocenters. The zero-order chi connectivity index (χ0) is 24.6. The number of benzene rings is 2. The minimum absolute atomic E-state index is 0.0763. The standard InChI is InChI=1S/C26H26F3INO3/c27-26(28,29)23-17-19(12-14-22(23)20-7-2-1-3-8-20)13-15-24(32)31-16-5-4-9-21(30-18-31)10-6-11-25(33)34/h1-3,7-8,12,14,17,21H,4-6,9-11,16,18H2,(H,33,34)/q-1. The predicted molar refractivity (Wildman–Crippen MR) is 119 cm³/mol. The van der Waals surface area contributed by atoms with Gasteiger partial charge in [-0.25, -0.2) is 0 Å². The van der Waals surface area contributed by atoms with Gasteiger partial charge in [0.25, 0.3) is 0 Å². The van der Waals surface area contributed by atoms with Gasteiger partial charge in [0.2, 0.25) is 0 Å². The van der Waals surface area contributed by atoms with Crippen molar-refractivity contribution >= 4 is 11.9 Å². The van der Waals surface area contributed by atoms with Crippen LogP contribution in [0.15, 0.2) is 48.5 Å². The van der Waals surface area contributed by atoms with E-state index in [9.17, 15) is 22.8 Å². The third kappa shape index (κ3) is 7.76. The first kappa shape index (κ1) is 26.1. The molecular weight excluding hydrogens is 558 g/mol. The summed E-state index contributed by atoms with van der Waals surface area (Å²) in [6.07, 6.45) is 0.0122. The molecule has 0 radical (unpaired) electrons. The van der Waals surface area contributed by atoms with Crippen molar-refractivity contribution in [2.75, 3.05) is 11.1 Å². The zero-order valence-corrected chi connectivity index (χ0v) is 20.7. The van der Waals surface area contributed by atoms with Crippen LogP contribution in [0.25, 0.3) is 11.1 Å². The Kier molecular flexibility index (Phi) is 9.39. The Hall–Kier alpha value is -2.54. The molecule has 0 spiro atoms. The van der Waals surface area contributed by atoms with Gasteiger partial charge in [0.15, 0.2) is 0 Å². The molecule has 0 saturated carbocycles. The first-order chi connectivity index (χ1) is 16.2. The van der Waals surface area contributed by atoms with Gasteiger partial charge < -0.3 is 0 Å². The zero-order valence-electron chi connectivity index (χ0n) is 18.6. The van der Waals surface area contributed by atoms with Gasteiger partial charge in [-0.15, -0.1) is 0 Å². The van der Waals surface area contributed by atoms with Crippen LogP contribution >= 0.6 is 0 Å². The maximum absolute atomic E-state index is 13.7. The van der Waals surface area contributed by atoms with Crippen LogP contribution in [-0.2, 0) is 15.8 Å². The number of carboxylic acids is 1. The Balaban J connectivity index is 1.70. The number of hydrogen-bond donors (Lipinski definition) is 1. The minimum atomic E-state index is -4.55. The summed E-state index contributed by atoms with van der Waals surface area (Å²) in [4.78, 5) is 25.1. The van der Waals surface area contributed by atoms with E-state index in [1.165, 1.54) is 12.1 Å². The first-order valence-electron chi connectivity index (χ1n) is 11.1. The summed E-state index contributed by atoms with van der Waals surface area (Å²) in [5, 5.41) is 8.82. The van der Waals surface area contributed by atoms with Crippen LogP contribution in [0.5, 0.6) is 0 Å². The average Bonchev–Trinajstić information content (AvgIpc) is 2.78. The fraction of sp³-hybridized carbons (Fsp3) is 0.385. The van der Waals surface area contributed by atoms with E-state index >= 15 is 0 Å². The van der Waals surface area contributed by atoms with E-state index in [0.29, 0.717) is 27.0 Å². The van der Waals surface area contributed by atoms with E-state index in [4.69, 9.17) is 5.11 Å². The number of hydrogen-bond acceptors (Lipinski definition) is 2. The number of carbonyl (C=O) groups is 2. The van der Waals surface area contributed by atoms with Gasteiger partial charge in [-0.2, -0.15) is 0 Å². The second-order valence-electron chi connectivity index (χ2n) is 8.10. The predicted octanol–water partition coefficient (Wildman–Crippen LogP) is 2.41. The van der Waals surface area contributed by atoms with E-state index in [2.05, 4.69) is 11.8 Å². The number of rotatable bonds is 5. The molecule has 8 heteroatoms. The van der Waals surface area contributed by atoms with E-state index in [-0.39, 0.29) is 44.7 Å². The molecule has 1 saturated heterocycles. The number of alkyl halides is 5. The molecule has 1 N–H and O–H groups in total. The molecule has 1 aliphatic rings. The van der Waals surface area contributed by atoms with Gasteiger partial charge in [0, 0.05) is 0 Å².